The fourth-order valence-electron chi connectivity index (χ4n) is 3.77. The van der Waals surface area contributed by atoms with Gasteiger partial charge in [0.15, 0.2) is 5.78 Å². The van der Waals surface area contributed by atoms with E-state index in [-0.39, 0.29) is 11.8 Å². The smallest absolute Gasteiger partial charge is 0.308 e. The van der Waals surface area contributed by atoms with Gasteiger partial charge in [-0.3, -0.25) is 9.59 Å². The molecule has 0 heterocycles. The normalized spacial score (nSPS) is 25.4. The lowest BCUT2D eigenvalue weighted by Crippen LogP contribution is -2.08. The average Bonchev–Trinajstić information content (AvgIpc) is 3.10. The summed E-state index contributed by atoms with van der Waals surface area (Å²) in [4.78, 5) is 23.0. The molecule has 0 N–H and O–H groups in total. The Hall–Kier alpha value is -1.90. The Morgan fingerprint density at radius 3 is 2.50 bits per heavy atom. The van der Waals surface area contributed by atoms with Gasteiger partial charge >= 0.3 is 5.97 Å². The van der Waals surface area contributed by atoms with E-state index in [1.165, 1.54) is 19.8 Å². The molecular formula is C19H22O3. The van der Waals surface area contributed by atoms with Crippen molar-refractivity contribution in [1.29, 1.82) is 0 Å². The zero-order valence-corrected chi connectivity index (χ0v) is 13.0. The standard InChI is InChI=1S/C19H22O3/c1-13(20)22-18-9-7-15(8-10-18)19(21)4-2-3-16-11-14-5-6-17(16)12-14/h5-10,14,16-17H,2-4,11-12H2,1H3. The molecule has 3 rings (SSSR count). The highest BCUT2D eigenvalue weighted by Gasteiger charge is 2.34. The molecule has 0 radical (unpaired) electrons. The highest BCUT2D eigenvalue weighted by molar-refractivity contribution is 5.96. The summed E-state index contributed by atoms with van der Waals surface area (Å²) >= 11 is 0. The quantitative estimate of drug-likeness (QED) is 0.342. The zero-order valence-electron chi connectivity index (χ0n) is 13.0. The van der Waals surface area contributed by atoms with Gasteiger partial charge in [0.1, 0.15) is 5.75 Å². The minimum Gasteiger partial charge on any atom is -0.427 e. The number of rotatable bonds is 6. The van der Waals surface area contributed by atoms with Crippen LogP contribution in [0.15, 0.2) is 36.4 Å². The molecule has 2 bridgehead atoms. The number of Topliss-reactive ketones (excluding diaryl/α,β-unsaturated/α-hetero) is 1. The van der Waals surface area contributed by atoms with Crippen LogP contribution in [0, 0.1) is 17.8 Å². The van der Waals surface area contributed by atoms with Crippen molar-refractivity contribution in [3.63, 3.8) is 0 Å². The Bertz CT molecular complexity index is 585. The Labute approximate surface area is 131 Å². The van der Waals surface area contributed by atoms with Crippen molar-refractivity contribution >= 4 is 11.8 Å². The molecule has 0 saturated heterocycles. The van der Waals surface area contributed by atoms with Gasteiger partial charge in [0.25, 0.3) is 0 Å². The summed E-state index contributed by atoms with van der Waals surface area (Å²) in [6.45, 7) is 1.37. The van der Waals surface area contributed by atoms with Crippen LogP contribution in [0.5, 0.6) is 5.75 Å². The molecule has 1 saturated carbocycles. The lowest BCUT2D eigenvalue weighted by molar-refractivity contribution is -0.131. The SMILES string of the molecule is CC(=O)Oc1ccc(C(=O)CCCC2CC3C=CC2C3)cc1. The predicted molar refractivity (Wildman–Crippen MR) is 84.8 cm³/mol. The Kier molecular flexibility index (Phi) is 4.41. The van der Waals surface area contributed by atoms with E-state index in [0.29, 0.717) is 17.7 Å². The van der Waals surface area contributed by atoms with E-state index >= 15 is 0 Å². The van der Waals surface area contributed by atoms with Crippen LogP contribution in [-0.2, 0) is 4.79 Å². The first kappa shape index (κ1) is 15.0. The maximum absolute atomic E-state index is 12.2. The number of hydrogen-bond acceptors (Lipinski definition) is 3. The van der Waals surface area contributed by atoms with E-state index in [1.54, 1.807) is 24.3 Å². The minimum atomic E-state index is -0.348. The average molecular weight is 298 g/mol. The van der Waals surface area contributed by atoms with E-state index < -0.39 is 0 Å². The van der Waals surface area contributed by atoms with Crippen LogP contribution in [0.2, 0.25) is 0 Å². The first-order valence-electron chi connectivity index (χ1n) is 8.12. The van der Waals surface area contributed by atoms with E-state index in [0.717, 1.165) is 30.6 Å². The molecule has 3 nitrogen and oxygen atoms in total. The molecule has 2 aliphatic rings. The number of ether oxygens (including phenoxy) is 1. The molecule has 1 aromatic rings. The predicted octanol–water partition coefficient (Wildman–Crippen LogP) is 4.18. The lowest BCUT2D eigenvalue weighted by atomic mass is 9.88. The Balaban J connectivity index is 1.45. The molecule has 0 amide bonds. The second-order valence-electron chi connectivity index (χ2n) is 6.47. The van der Waals surface area contributed by atoms with Crippen LogP contribution in [0.25, 0.3) is 0 Å². The van der Waals surface area contributed by atoms with Crippen LogP contribution in [-0.4, -0.2) is 11.8 Å². The van der Waals surface area contributed by atoms with Crippen molar-refractivity contribution in [1.82, 2.24) is 0 Å². The second kappa shape index (κ2) is 6.47. The van der Waals surface area contributed by atoms with E-state index in [4.69, 9.17) is 4.74 Å². The van der Waals surface area contributed by atoms with Crippen molar-refractivity contribution in [2.45, 2.75) is 39.0 Å². The van der Waals surface area contributed by atoms with Crippen molar-refractivity contribution in [3.8, 4) is 5.75 Å². The number of esters is 1. The van der Waals surface area contributed by atoms with Crippen molar-refractivity contribution in [3.05, 3.63) is 42.0 Å². The molecule has 0 aromatic heterocycles. The summed E-state index contributed by atoms with van der Waals surface area (Å²) in [6.07, 6.45) is 10.1. The molecule has 3 heteroatoms. The molecule has 3 atom stereocenters. The summed E-state index contributed by atoms with van der Waals surface area (Å²) in [5.41, 5.74) is 0.698. The maximum Gasteiger partial charge on any atom is 0.308 e. The fourth-order valence-corrected chi connectivity index (χ4v) is 3.77. The summed E-state index contributed by atoms with van der Waals surface area (Å²) < 4.78 is 4.97. The third-order valence-electron chi connectivity index (χ3n) is 4.83. The van der Waals surface area contributed by atoms with Gasteiger partial charge in [0.05, 0.1) is 0 Å². The van der Waals surface area contributed by atoms with Crippen molar-refractivity contribution in [2.75, 3.05) is 0 Å². The van der Waals surface area contributed by atoms with Crippen molar-refractivity contribution in [2.24, 2.45) is 17.8 Å². The van der Waals surface area contributed by atoms with Gasteiger partial charge in [-0.15, -0.1) is 0 Å². The number of fused-ring (bicyclic) bond motifs is 2. The lowest BCUT2D eigenvalue weighted by Gasteiger charge is -2.17. The van der Waals surface area contributed by atoms with Crippen LogP contribution in [0.1, 0.15) is 49.4 Å². The molecular weight excluding hydrogens is 276 g/mol. The highest BCUT2D eigenvalue weighted by Crippen LogP contribution is 2.45. The van der Waals surface area contributed by atoms with Gasteiger partial charge in [0.2, 0.25) is 0 Å². The van der Waals surface area contributed by atoms with E-state index in [9.17, 15) is 9.59 Å². The number of carbonyl (C=O) groups excluding carboxylic acids is 2. The minimum absolute atomic E-state index is 0.174. The number of hydrogen-bond donors (Lipinski definition) is 0. The highest BCUT2D eigenvalue weighted by atomic mass is 16.5. The zero-order chi connectivity index (χ0) is 15.5. The van der Waals surface area contributed by atoms with Gasteiger partial charge in [-0.2, -0.15) is 0 Å². The Morgan fingerprint density at radius 2 is 1.91 bits per heavy atom. The van der Waals surface area contributed by atoms with Crippen LogP contribution in [0.4, 0.5) is 0 Å². The molecule has 3 unspecified atom stereocenters. The largest absolute Gasteiger partial charge is 0.427 e. The van der Waals surface area contributed by atoms with Crippen LogP contribution >= 0.6 is 0 Å². The number of benzene rings is 1. The van der Waals surface area contributed by atoms with Gasteiger partial charge in [-0.1, -0.05) is 12.2 Å². The molecule has 22 heavy (non-hydrogen) atoms. The Morgan fingerprint density at radius 1 is 1.14 bits per heavy atom. The summed E-state index contributed by atoms with van der Waals surface area (Å²) in [7, 11) is 0. The number of ketones is 1. The van der Waals surface area contributed by atoms with Crippen LogP contribution < -0.4 is 4.74 Å². The number of carbonyl (C=O) groups is 2. The maximum atomic E-state index is 12.2. The third kappa shape index (κ3) is 3.46. The fraction of sp³-hybridized carbons (Fsp3) is 0.474. The summed E-state index contributed by atoms with van der Waals surface area (Å²) in [6, 6.07) is 6.83. The van der Waals surface area contributed by atoms with Crippen molar-refractivity contribution < 1.29 is 14.3 Å². The van der Waals surface area contributed by atoms with E-state index in [1.807, 2.05) is 0 Å². The summed E-state index contributed by atoms with van der Waals surface area (Å²) in [5, 5.41) is 0. The molecule has 2 aliphatic carbocycles. The molecule has 1 fully saturated rings. The van der Waals surface area contributed by atoms with Crippen LogP contribution in [0.3, 0.4) is 0 Å². The van der Waals surface area contributed by atoms with Gasteiger partial charge in [0, 0.05) is 18.9 Å². The monoisotopic (exact) mass is 298 g/mol. The van der Waals surface area contributed by atoms with Gasteiger partial charge < -0.3 is 4.74 Å². The summed E-state index contributed by atoms with van der Waals surface area (Å²) in [5.74, 6) is 2.67. The molecule has 0 spiro atoms. The second-order valence-corrected chi connectivity index (χ2v) is 6.47. The van der Waals surface area contributed by atoms with Gasteiger partial charge in [-0.25, -0.2) is 0 Å². The molecule has 1 aromatic carbocycles. The third-order valence-corrected chi connectivity index (χ3v) is 4.83. The van der Waals surface area contributed by atoms with Gasteiger partial charge in [-0.05, 0) is 67.7 Å². The first-order chi connectivity index (χ1) is 10.6. The first-order valence-corrected chi connectivity index (χ1v) is 8.12. The molecule has 116 valence electrons. The molecule has 0 aliphatic heterocycles. The topological polar surface area (TPSA) is 43.4 Å². The van der Waals surface area contributed by atoms with E-state index in [2.05, 4.69) is 12.2 Å². The number of allylic oxidation sites excluding steroid dienone is 2.